The van der Waals surface area contributed by atoms with Crippen LogP contribution in [0.3, 0.4) is 0 Å². The van der Waals surface area contributed by atoms with Gasteiger partial charge in [-0.2, -0.15) is 18.4 Å². The third-order valence-corrected chi connectivity index (χ3v) is 7.17. The summed E-state index contributed by atoms with van der Waals surface area (Å²) in [6.45, 7) is 3.42. The summed E-state index contributed by atoms with van der Waals surface area (Å²) in [5, 5.41) is 22.1. The first-order valence-corrected chi connectivity index (χ1v) is 12.8. The van der Waals surface area contributed by atoms with Gasteiger partial charge in [-0.15, -0.1) is 0 Å². The molecule has 0 saturated carbocycles. The Kier molecular flexibility index (Phi) is 5.77. The molecule has 0 aliphatic carbocycles. The number of rotatable bonds is 4. The zero-order valence-electron chi connectivity index (χ0n) is 18.1. The topological polar surface area (TPSA) is 135 Å². The molecule has 4 rings (SSSR count). The van der Waals surface area contributed by atoms with Crippen molar-refractivity contribution in [2.75, 3.05) is 31.7 Å². The summed E-state index contributed by atoms with van der Waals surface area (Å²) in [6, 6.07) is 4.57. The normalized spacial score (nSPS) is 16.6. The number of halogens is 3. The van der Waals surface area contributed by atoms with Crippen LogP contribution in [0.4, 0.5) is 23.9 Å². The number of hydrogen-bond acceptors (Lipinski definition) is 6. The monoisotopic (exact) mass is 492 g/mol. The second-order valence-corrected chi connectivity index (χ2v) is 11.5. The number of hydrogen-bond donors (Lipinski definition) is 3. The fourth-order valence-electron chi connectivity index (χ4n) is 4.13. The number of fused-ring (bicyclic) bond motifs is 1. The van der Waals surface area contributed by atoms with Crippen molar-refractivity contribution in [2.24, 2.45) is 0 Å². The van der Waals surface area contributed by atoms with E-state index in [0.717, 1.165) is 0 Å². The van der Waals surface area contributed by atoms with Crippen LogP contribution in [-0.4, -0.2) is 63.5 Å². The fourth-order valence-corrected chi connectivity index (χ4v) is 5.56. The van der Waals surface area contributed by atoms with Crippen LogP contribution in [0.1, 0.15) is 17.5 Å². The van der Waals surface area contributed by atoms with Crippen LogP contribution < -0.4 is 10.6 Å². The van der Waals surface area contributed by atoms with Crippen molar-refractivity contribution in [1.82, 2.24) is 19.9 Å². The summed E-state index contributed by atoms with van der Waals surface area (Å²) in [7, 11) is -2.96. The summed E-state index contributed by atoms with van der Waals surface area (Å²) in [4.78, 5) is 23.2. The highest BCUT2D eigenvalue weighted by Gasteiger charge is 2.37. The first kappa shape index (κ1) is 23.6. The van der Waals surface area contributed by atoms with Gasteiger partial charge in [0.1, 0.15) is 12.7 Å². The Morgan fingerprint density at radius 1 is 1.38 bits per heavy atom. The number of nitrogens with one attached hydrogen (secondary N) is 2. The van der Waals surface area contributed by atoms with Crippen LogP contribution in [0.25, 0.3) is 22.2 Å². The SMILES string of the molecule is CP(C)(=O)c1c(C#N)ccc2c(-c3nc(N[C@H]4CCN(C(=O)O)C4)ncc3C(F)(F)F)c[nH]c12. The van der Waals surface area contributed by atoms with E-state index in [2.05, 4.69) is 20.3 Å². The first-order valence-electron chi connectivity index (χ1n) is 10.2. The van der Waals surface area contributed by atoms with Crippen LogP contribution in [0.5, 0.6) is 0 Å². The maximum absolute atomic E-state index is 13.8. The molecule has 9 nitrogen and oxygen atoms in total. The highest BCUT2D eigenvalue weighted by atomic mass is 31.2. The van der Waals surface area contributed by atoms with E-state index in [9.17, 15) is 27.8 Å². The molecular formula is C21H20F3N6O3P. The van der Waals surface area contributed by atoms with Crippen LogP contribution >= 0.6 is 7.14 Å². The summed E-state index contributed by atoms with van der Waals surface area (Å²) in [6.07, 6.45) is -3.34. The largest absolute Gasteiger partial charge is 0.465 e. The Balaban J connectivity index is 1.83. The number of carbonyl (C=O) groups is 1. The fraction of sp³-hybridized carbons (Fsp3) is 0.333. The molecule has 0 bridgehead atoms. The van der Waals surface area contributed by atoms with E-state index >= 15 is 0 Å². The Morgan fingerprint density at radius 2 is 2.12 bits per heavy atom. The lowest BCUT2D eigenvalue weighted by Crippen LogP contribution is -2.30. The van der Waals surface area contributed by atoms with Gasteiger partial charge in [-0.3, -0.25) is 0 Å². The summed E-state index contributed by atoms with van der Waals surface area (Å²) in [5.74, 6) is -0.0693. The molecule has 1 amide bonds. The standard InChI is InChI=1S/C21H20F3N6O3P/c1-34(2,33)18-11(7-25)3-4-13-14(8-26-17(13)18)16-15(21(22,23)24)9-27-19(29-16)28-12-5-6-30(10-12)20(31)32/h3-4,8-9,12,26H,5-6,10H2,1-2H3,(H,31,32)(H,27,28,29)/t12-/m0/s1. The molecule has 1 aromatic carbocycles. The summed E-state index contributed by atoms with van der Waals surface area (Å²) in [5.41, 5.74) is -0.830. The zero-order valence-corrected chi connectivity index (χ0v) is 19.0. The van der Waals surface area contributed by atoms with E-state index in [1.54, 1.807) is 0 Å². The van der Waals surface area contributed by atoms with Crippen LogP contribution in [0.2, 0.25) is 0 Å². The minimum absolute atomic E-state index is 0.0693. The van der Waals surface area contributed by atoms with Gasteiger partial charge in [0.15, 0.2) is 0 Å². The van der Waals surface area contributed by atoms with Gasteiger partial charge in [0, 0.05) is 42.5 Å². The molecular weight excluding hydrogens is 472 g/mol. The third-order valence-electron chi connectivity index (χ3n) is 5.63. The number of amides is 1. The minimum atomic E-state index is -4.74. The van der Waals surface area contributed by atoms with Crippen molar-refractivity contribution < 1.29 is 27.6 Å². The molecule has 3 heterocycles. The average molecular weight is 492 g/mol. The van der Waals surface area contributed by atoms with Gasteiger partial charge in [-0.05, 0) is 25.8 Å². The van der Waals surface area contributed by atoms with E-state index in [4.69, 9.17) is 5.11 Å². The highest BCUT2D eigenvalue weighted by Crippen LogP contribution is 2.42. The van der Waals surface area contributed by atoms with Crippen LogP contribution in [0.15, 0.2) is 24.5 Å². The van der Waals surface area contributed by atoms with Gasteiger partial charge < -0.3 is 24.9 Å². The number of nitriles is 1. The molecule has 1 fully saturated rings. The Labute approximate surface area is 192 Å². The Bertz CT molecular complexity index is 1370. The van der Waals surface area contributed by atoms with Crippen LogP contribution in [-0.2, 0) is 10.7 Å². The number of alkyl halides is 3. The van der Waals surface area contributed by atoms with Crippen molar-refractivity contribution >= 4 is 35.4 Å². The summed E-state index contributed by atoms with van der Waals surface area (Å²) >= 11 is 0. The van der Waals surface area contributed by atoms with E-state index in [-0.39, 0.29) is 40.7 Å². The van der Waals surface area contributed by atoms with Gasteiger partial charge in [-0.1, -0.05) is 6.07 Å². The predicted molar refractivity (Wildman–Crippen MR) is 120 cm³/mol. The molecule has 3 aromatic rings. The quantitative estimate of drug-likeness (QED) is 0.470. The lowest BCUT2D eigenvalue weighted by molar-refractivity contribution is -0.137. The van der Waals surface area contributed by atoms with Gasteiger partial charge in [0.05, 0.1) is 28.1 Å². The molecule has 1 aliphatic heterocycles. The minimum Gasteiger partial charge on any atom is -0.465 e. The lowest BCUT2D eigenvalue weighted by Gasteiger charge is -2.16. The molecule has 13 heteroatoms. The molecule has 0 spiro atoms. The summed E-state index contributed by atoms with van der Waals surface area (Å²) < 4.78 is 54.4. The molecule has 34 heavy (non-hydrogen) atoms. The maximum Gasteiger partial charge on any atom is 0.419 e. The number of likely N-dealkylation sites (tertiary alicyclic amines) is 1. The van der Waals surface area contributed by atoms with Crippen LogP contribution in [0, 0.1) is 11.3 Å². The molecule has 1 aliphatic rings. The van der Waals surface area contributed by atoms with Gasteiger partial charge in [-0.25, -0.2) is 14.8 Å². The second kappa shape index (κ2) is 8.33. The molecule has 0 unspecified atom stereocenters. The number of benzene rings is 1. The Morgan fingerprint density at radius 3 is 2.71 bits per heavy atom. The van der Waals surface area contributed by atoms with E-state index in [1.165, 1.54) is 36.6 Å². The highest BCUT2D eigenvalue weighted by molar-refractivity contribution is 7.70. The number of aromatic amines is 1. The first-order chi connectivity index (χ1) is 15.9. The third kappa shape index (κ3) is 4.31. The van der Waals surface area contributed by atoms with Gasteiger partial charge in [0.25, 0.3) is 0 Å². The number of carboxylic acid groups (broad SMARTS) is 1. The number of anilines is 1. The number of nitrogens with zero attached hydrogens (tertiary/aromatic N) is 4. The van der Waals surface area contributed by atoms with E-state index < -0.39 is 25.0 Å². The smallest absolute Gasteiger partial charge is 0.419 e. The van der Waals surface area contributed by atoms with Crippen molar-refractivity contribution in [3.63, 3.8) is 0 Å². The number of H-pyrrole nitrogens is 1. The maximum atomic E-state index is 13.8. The molecule has 178 valence electrons. The average Bonchev–Trinajstić information content (AvgIpc) is 3.38. The molecule has 1 atom stereocenters. The Hall–Kier alpha value is -3.58. The lowest BCUT2D eigenvalue weighted by atomic mass is 10.0. The molecule has 2 aromatic heterocycles. The van der Waals surface area contributed by atoms with E-state index in [1.807, 2.05) is 6.07 Å². The van der Waals surface area contributed by atoms with E-state index in [0.29, 0.717) is 30.1 Å². The predicted octanol–water partition coefficient (Wildman–Crippen LogP) is 3.93. The van der Waals surface area contributed by atoms with Crippen molar-refractivity contribution in [3.05, 3.63) is 35.7 Å². The second-order valence-electron chi connectivity index (χ2n) is 8.36. The molecule has 1 saturated heterocycles. The molecule has 0 radical (unpaired) electrons. The van der Waals surface area contributed by atoms with Gasteiger partial charge >= 0.3 is 12.3 Å². The van der Waals surface area contributed by atoms with Crippen molar-refractivity contribution in [3.8, 4) is 17.3 Å². The van der Waals surface area contributed by atoms with Gasteiger partial charge in [0.2, 0.25) is 5.95 Å². The van der Waals surface area contributed by atoms with Crippen molar-refractivity contribution in [2.45, 2.75) is 18.6 Å². The zero-order chi connectivity index (χ0) is 24.8. The number of aromatic nitrogens is 3. The van der Waals surface area contributed by atoms with Crippen molar-refractivity contribution in [1.29, 1.82) is 5.26 Å². The molecule has 3 N–H and O–H groups in total.